The highest BCUT2D eigenvalue weighted by atomic mass is 16.5. The summed E-state index contributed by atoms with van der Waals surface area (Å²) in [7, 11) is 1.56. The van der Waals surface area contributed by atoms with E-state index in [4.69, 9.17) is 4.74 Å². The van der Waals surface area contributed by atoms with Gasteiger partial charge in [-0.05, 0) is 30.2 Å². The molecule has 1 N–H and O–H groups in total. The first-order chi connectivity index (χ1) is 9.92. The van der Waals surface area contributed by atoms with Crippen molar-refractivity contribution >= 4 is 23.8 Å². The van der Waals surface area contributed by atoms with E-state index in [2.05, 4.69) is 5.32 Å². The van der Waals surface area contributed by atoms with Crippen molar-refractivity contribution < 1.29 is 19.1 Å². The molecule has 0 aromatic heterocycles. The molecule has 1 saturated heterocycles. The minimum Gasteiger partial charge on any atom is -0.496 e. The minimum atomic E-state index is -0.512. The number of ether oxygens (including phenoxy) is 1. The van der Waals surface area contributed by atoms with Crippen LogP contribution in [0.25, 0.3) is 6.08 Å². The third-order valence-electron chi connectivity index (χ3n) is 3.17. The van der Waals surface area contributed by atoms with Crippen molar-refractivity contribution in [3.63, 3.8) is 0 Å². The van der Waals surface area contributed by atoms with Gasteiger partial charge in [0.2, 0.25) is 11.8 Å². The topological polar surface area (TPSA) is 75.7 Å². The number of nitrogens with one attached hydrogen (secondary N) is 1. The van der Waals surface area contributed by atoms with Crippen molar-refractivity contribution in [3.05, 3.63) is 35.0 Å². The van der Waals surface area contributed by atoms with Gasteiger partial charge in [0, 0.05) is 6.92 Å². The van der Waals surface area contributed by atoms with E-state index in [9.17, 15) is 14.4 Å². The maximum Gasteiger partial charge on any atom is 0.277 e. The number of imide groups is 1. The zero-order valence-corrected chi connectivity index (χ0v) is 12.1. The molecule has 0 bridgehead atoms. The van der Waals surface area contributed by atoms with Gasteiger partial charge in [-0.15, -0.1) is 0 Å². The number of rotatable bonds is 2. The number of aryl methyl sites for hydroxylation is 1. The van der Waals surface area contributed by atoms with Crippen molar-refractivity contribution in [3.8, 4) is 5.75 Å². The van der Waals surface area contributed by atoms with Crippen molar-refractivity contribution in [2.45, 2.75) is 13.8 Å². The van der Waals surface area contributed by atoms with Gasteiger partial charge >= 0.3 is 0 Å². The second kappa shape index (κ2) is 5.78. The fourth-order valence-electron chi connectivity index (χ4n) is 2.05. The Hall–Kier alpha value is -2.63. The number of hydrogen-bond acceptors (Lipinski definition) is 4. The summed E-state index contributed by atoms with van der Waals surface area (Å²) in [5, 5.41) is 2.49. The highest BCUT2D eigenvalue weighted by molar-refractivity contribution is 6.12. The number of carbonyl (C=O) groups is 3. The summed E-state index contributed by atoms with van der Waals surface area (Å²) in [5.74, 6) is -0.679. The van der Waals surface area contributed by atoms with Crippen LogP contribution in [0, 0.1) is 6.92 Å². The van der Waals surface area contributed by atoms with Crippen molar-refractivity contribution in [1.29, 1.82) is 0 Å². The Morgan fingerprint density at radius 1 is 1.38 bits per heavy atom. The number of nitrogens with zero attached hydrogens (tertiary/aromatic N) is 1. The molecule has 3 amide bonds. The van der Waals surface area contributed by atoms with Crippen LogP contribution in [-0.2, 0) is 14.4 Å². The van der Waals surface area contributed by atoms with Crippen LogP contribution in [-0.4, -0.2) is 36.3 Å². The van der Waals surface area contributed by atoms with Gasteiger partial charge in [-0.3, -0.25) is 19.3 Å². The third kappa shape index (κ3) is 3.10. The monoisotopic (exact) mass is 288 g/mol. The summed E-state index contributed by atoms with van der Waals surface area (Å²) in [4.78, 5) is 36.0. The second-order valence-corrected chi connectivity index (χ2v) is 4.75. The molecule has 1 aliphatic heterocycles. The summed E-state index contributed by atoms with van der Waals surface area (Å²) >= 11 is 0. The number of amides is 3. The predicted molar refractivity (Wildman–Crippen MR) is 76.2 cm³/mol. The van der Waals surface area contributed by atoms with Crippen LogP contribution in [0.15, 0.2) is 23.9 Å². The van der Waals surface area contributed by atoms with E-state index in [1.807, 2.05) is 13.0 Å². The summed E-state index contributed by atoms with van der Waals surface area (Å²) in [6.07, 6.45) is 1.53. The first-order valence-electron chi connectivity index (χ1n) is 6.41. The van der Waals surface area contributed by atoms with Gasteiger partial charge in [-0.2, -0.15) is 0 Å². The van der Waals surface area contributed by atoms with E-state index in [0.29, 0.717) is 11.3 Å². The second-order valence-electron chi connectivity index (χ2n) is 4.75. The van der Waals surface area contributed by atoms with Crippen molar-refractivity contribution in [2.75, 3.05) is 13.7 Å². The average Bonchev–Trinajstić information content (AvgIpc) is 2.44. The molecule has 0 radical (unpaired) electrons. The molecule has 0 spiro atoms. The Morgan fingerprint density at radius 3 is 2.71 bits per heavy atom. The lowest BCUT2D eigenvalue weighted by molar-refractivity contribution is -0.147. The smallest absolute Gasteiger partial charge is 0.277 e. The molecule has 1 aromatic carbocycles. The van der Waals surface area contributed by atoms with Crippen LogP contribution in [0.4, 0.5) is 0 Å². The minimum absolute atomic E-state index is 0.0763. The molecule has 1 heterocycles. The first kappa shape index (κ1) is 14.8. The maximum atomic E-state index is 12.1. The van der Waals surface area contributed by atoms with E-state index >= 15 is 0 Å². The van der Waals surface area contributed by atoms with Crippen LogP contribution >= 0.6 is 0 Å². The molecule has 6 heteroatoms. The fraction of sp³-hybridized carbons (Fsp3) is 0.267. The lowest BCUT2D eigenvalue weighted by Gasteiger charge is -2.25. The number of methoxy groups -OCH3 is 1. The Morgan fingerprint density at radius 2 is 2.10 bits per heavy atom. The van der Waals surface area contributed by atoms with E-state index in [1.165, 1.54) is 13.0 Å². The van der Waals surface area contributed by atoms with Crippen molar-refractivity contribution in [1.82, 2.24) is 10.2 Å². The van der Waals surface area contributed by atoms with Crippen LogP contribution in [0.1, 0.15) is 18.1 Å². The van der Waals surface area contributed by atoms with Gasteiger partial charge in [0.1, 0.15) is 18.0 Å². The van der Waals surface area contributed by atoms with Gasteiger partial charge in [0.25, 0.3) is 5.91 Å². The molecule has 6 nitrogen and oxygen atoms in total. The summed E-state index contributed by atoms with van der Waals surface area (Å²) < 4.78 is 5.22. The molecule has 1 aliphatic rings. The maximum absolute atomic E-state index is 12.1. The number of benzene rings is 1. The van der Waals surface area contributed by atoms with Gasteiger partial charge in [0.05, 0.1) is 7.11 Å². The normalized spacial score (nSPS) is 16.9. The molecule has 0 saturated carbocycles. The molecule has 0 unspecified atom stereocenters. The zero-order chi connectivity index (χ0) is 15.6. The Bertz CT molecular complexity index is 649. The van der Waals surface area contributed by atoms with Crippen LogP contribution in [0.5, 0.6) is 5.75 Å². The van der Waals surface area contributed by atoms with E-state index in [1.54, 1.807) is 19.2 Å². The SMILES string of the molecule is COc1cc(C=C2NC(=O)CN(C(C)=O)C2=O)ccc1C. The standard InChI is InChI=1S/C15H16N2O4/c1-9-4-5-11(7-13(9)21-3)6-12-15(20)17(10(2)18)8-14(19)16-12/h4-7H,8H2,1-3H3,(H,16,19). The molecule has 21 heavy (non-hydrogen) atoms. The summed E-state index contributed by atoms with van der Waals surface area (Å²) in [5.41, 5.74) is 1.74. The number of hydrogen-bond donors (Lipinski definition) is 1. The summed E-state index contributed by atoms with van der Waals surface area (Å²) in [6, 6.07) is 5.41. The molecule has 1 aromatic rings. The highest BCUT2D eigenvalue weighted by Crippen LogP contribution is 2.21. The Labute approximate surface area is 122 Å². The zero-order valence-electron chi connectivity index (χ0n) is 12.1. The number of piperazine rings is 1. The molecular formula is C15H16N2O4. The Balaban J connectivity index is 2.37. The fourth-order valence-corrected chi connectivity index (χ4v) is 2.05. The molecular weight excluding hydrogens is 272 g/mol. The third-order valence-corrected chi connectivity index (χ3v) is 3.17. The van der Waals surface area contributed by atoms with Gasteiger partial charge in [0.15, 0.2) is 0 Å². The molecule has 2 rings (SSSR count). The van der Waals surface area contributed by atoms with Crippen LogP contribution in [0.3, 0.4) is 0 Å². The van der Waals surface area contributed by atoms with Gasteiger partial charge in [-0.1, -0.05) is 12.1 Å². The van der Waals surface area contributed by atoms with E-state index in [-0.39, 0.29) is 12.2 Å². The lowest BCUT2D eigenvalue weighted by atomic mass is 10.1. The number of carbonyl (C=O) groups excluding carboxylic acids is 3. The van der Waals surface area contributed by atoms with Crippen molar-refractivity contribution in [2.24, 2.45) is 0 Å². The highest BCUT2D eigenvalue weighted by Gasteiger charge is 2.30. The lowest BCUT2D eigenvalue weighted by Crippen LogP contribution is -2.51. The Kier molecular flexibility index (Phi) is 4.07. The quantitative estimate of drug-likeness (QED) is 0.819. The average molecular weight is 288 g/mol. The first-order valence-corrected chi connectivity index (χ1v) is 6.41. The predicted octanol–water partition coefficient (Wildman–Crippen LogP) is 0.849. The molecule has 110 valence electrons. The molecule has 0 aliphatic carbocycles. The van der Waals surface area contributed by atoms with E-state index < -0.39 is 17.7 Å². The van der Waals surface area contributed by atoms with Crippen LogP contribution in [0.2, 0.25) is 0 Å². The molecule has 0 atom stereocenters. The van der Waals surface area contributed by atoms with Gasteiger partial charge < -0.3 is 10.1 Å². The largest absolute Gasteiger partial charge is 0.496 e. The van der Waals surface area contributed by atoms with Crippen LogP contribution < -0.4 is 10.1 Å². The van der Waals surface area contributed by atoms with E-state index in [0.717, 1.165) is 10.5 Å². The van der Waals surface area contributed by atoms with Gasteiger partial charge in [-0.25, -0.2) is 0 Å². The molecule has 1 fully saturated rings. The summed E-state index contributed by atoms with van der Waals surface area (Å²) in [6.45, 7) is 2.91.